The number of fused-ring (bicyclic) bond motifs is 2. The van der Waals surface area contributed by atoms with Gasteiger partial charge in [-0.3, -0.25) is 4.79 Å². The average molecular weight is 294 g/mol. The Morgan fingerprint density at radius 1 is 1.05 bits per heavy atom. The van der Waals surface area contributed by atoms with Gasteiger partial charge < -0.3 is 15.3 Å². The fourth-order valence-electron chi connectivity index (χ4n) is 4.37. The maximum Gasteiger partial charge on any atom is 0.326 e. The lowest BCUT2D eigenvalue weighted by Crippen LogP contribution is -2.46. The van der Waals surface area contributed by atoms with E-state index in [1.807, 2.05) is 0 Å². The SMILES string of the molecule is O=C(O)C1CCCCCN1C(=O)CC1CC2CCC(C1)N2. The van der Waals surface area contributed by atoms with Gasteiger partial charge in [-0.25, -0.2) is 4.79 Å². The van der Waals surface area contributed by atoms with Crippen molar-refractivity contribution in [2.24, 2.45) is 5.92 Å². The third-order valence-electron chi connectivity index (χ3n) is 5.39. The van der Waals surface area contributed by atoms with Gasteiger partial charge in [0.15, 0.2) is 0 Å². The lowest BCUT2D eigenvalue weighted by atomic mass is 9.89. The second-order valence-corrected chi connectivity index (χ2v) is 6.97. The summed E-state index contributed by atoms with van der Waals surface area (Å²) in [6.45, 7) is 0.619. The highest BCUT2D eigenvalue weighted by Gasteiger charge is 2.36. The van der Waals surface area contributed by atoms with E-state index in [1.54, 1.807) is 4.90 Å². The molecule has 0 aliphatic carbocycles. The number of piperidine rings is 1. The first-order chi connectivity index (χ1) is 10.1. The summed E-state index contributed by atoms with van der Waals surface area (Å²) in [5.74, 6) is -0.333. The van der Waals surface area contributed by atoms with Gasteiger partial charge in [0.2, 0.25) is 5.91 Å². The van der Waals surface area contributed by atoms with Gasteiger partial charge in [0.05, 0.1) is 0 Å². The first kappa shape index (κ1) is 14.8. The summed E-state index contributed by atoms with van der Waals surface area (Å²) >= 11 is 0. The topological polar surface area (TPSA) is 69.6 Å². The number of likely N-dealkylation sites (tertiary alicyclic amines) is 1. The van der Waals surface area contributed by atoms with Crippen LogP contribution in [0, 0.1) is 5.92 Å². The number of rotatable bonds is 3. The van der Waals surface area contributed by atoms with Crippen LogP contribution in [0.1, 0.15) is 57.8 Å². The molecular weight excluding hydrogens is 268 g/mol. The number of hydrogen-bond acceptors (Lipinski definition) is 3. The van der Waals surface area contributed by atoms with E-state index in [4.69, 9.17) is 0 Å². The predicted molar refractivity (Wildman–Crippen MR) is 78.9 cm³/mol. The molecule has 2 N–H and O–H groups in total. The molecule has 3 unspecified atom stereocenters. The number of carboxylic acid groups (broad SMARTS) is 1. The van der Waals surface area contributed by atoms with Crippen LogP contribution in [0.25, 0.3) is 0 Å². The van der Waals surface area contributed by atoms with Gasteiger partial charge in [-0.05, 0) is 44.4 Å². The van der Waals surface area contributed by atoms with E-state index in [1.165, 1.54) is 12.8 Å². The lowest BCUT2D eigenvalue weighted by Gasteiger charge is -2.32. The minimum Gasteiger partial charge on any atom is -0.480 e. The molecule has 21 heavy (non-hydrogen) atoms. The molecule has 3 heterocycles. The Morgan fingerprint density at radius 2 is 1.76 bits per heavy atom. The van der Waals surface area contributed by atoms with Crippen molar-refractivity contribution < 1.29 is 14.7 Å². The molecule has 3 fully saturated rings. The van der Waals surface area contributed by atoms with E-state index in [-0.39, 0.29) is 5.91 Å². The van der Waals surface area contributed by atoms with Crippen LogP contribution >= 0.6 is 0 Å². The molecule has 5 nitrogen and oxygen atoms in total. The second-order valence-electron chi connectivity index (χ2n) is 6.97. The van der Waals surface area contributed by atoms with Crippen LogP contribution < -0.4 is 5.32 Å². The summed E-state index contributed by atoms with van der Waals surface area (Å²) in [5, 5.41) is 13.0. The molecule has 3 saturated heterocycles. The molecule has 1 amide bonds. The molecule has 2 bridgehead atoms. The zero-order valence-corrected chi connectivity index (χ0v) is 12.6. The number of carboxylic acids is 1. The monoisotopic (exact) mass is 294 g/mol. The summed E-state index contributed by atoms with van der Waals surface area (Å²) in [7, 11) is 0. The highest BCUT2D eigenvalue weighted by atomic mass is 16.4. The van der Waals surface area contributed by atoms with Crippen LogP contribution in [-0.2, 0) is 9.59 Å². The van der Waals surface area contributed by atoms with Crippen LogP contribution in [0.3, 0.4) is 0 Å². The molecular formula is C16H26N2O3. The maximum atomic E-state index is 12.6. The molecule has 3 rings (SSSR count). The first-order valence-corrected chi connectivity index (χ1v) is 8.42. The largest absolute Gasteiger partial charge is 0.480 e. The van der Waals surface area contributed by atoms with Crippen LogP contribution in [0.2, 0.25) is 0 Å². The van der Waals surface area contributed by atoms with Crippen molar-refractivity contribution in [1.29, 1.82) is 0 Å². The van der Waals surface area contributed by atoms with Gasteiger partial charge in [0, 0.05) is 25.0 Å². The number of hydrogen-bond donors (Lipinski definition) is 2. The molecule has 0 aromatic heterocycles. The third kappa shape index (κ3) is 3.39. The Kier molecular flexibility index (Phi) is 4.48. The van der Waals surface area contributed by atoms with E-state index in [9.17, 15) is 14.7 Å². The van der Waals surface area contributed by atoms with Crippen molar-refractivity contribution in [3.63, 3.8) is 0 Å². The van der Waals surface area contributed by atoms with Gasteiger partial charge in [-0.15, -0.1) is 0 Å². The fourth-order valence-corrected chi connectivity index (χ4v) is 4.37. The molecule has 3 aliphatic heterocycles. The van der Waals surface area contributed by atoms with E-state index in [2.05, 4.69) is 5.32 Å². The number of amides is 1. The Balaban J connectivity index is 1.61. The van der Waals surface area contributed by atoms with Gasteiger partial charge in [0.25, 0.3) is 0 Å². The van der Waals surface area contributed by atoms with E-state index < -0.39 is 12.0 Å². The highest BCUT2D eigenvalue weighted by Crippen LogP contribution is 2.33. The Bertz CT molecular complexity index is 400. The quantitative estimate of drug-likeness (QED) is 0.832. The molecule has 118 valence electrons. The minimum absolute atomic E-state index is 0.0654. The number of nitrogens with zero attached hydrogens (tertiary/aromatic N) is 1. The Morgan fingerprint density at radius 3 is 2.43 bits per heavy atom. The summed E-state index contributed by atoms with van der Waals surface area (Å²) < 4.78 is 0. The van der Waals surface area contributed by atoms with E-state index in [0.717, 1.165) is 32.1 Å². The summed E-state index contributed by atoms with van der Waals surface area (Å²) in [6, 6.07) is 0.570. The van der Waals surface area contributed by atoms with Gasteiger partial charge >= 0.3 is 5.97 Å². The number of carbonyl (C=O) groups excluding carboxylic acids is 1. The Labute approximate surface area is 126 Å². The highest BCUT2D eigenvalue weighted by molar-refractivity contribution is 5.83. The molecule has 0 saturated carbocycles. The number of aliphatic carboxylic acids is 1. The molecule has 0 aromatic carbocycles. The first-order valence-electron chi connectivity index (χ1n) is 8.42. The molecule has 3 atom stereocenters. The zero-order chi connectivity index (χ0) is 14.8. The van der Waals surface area contributed by atoms with Crippen molar-refractivity contribution in [3.05, 3.63) is 0 Å². The molecule has 0 spiro atoms. The smallest absolute Gasteiger partial charge is 0.326 e. The summed E-state index contributed by atoms with van der Waals surface area (Å²) in [5.41, 5.74) is 0. The van der Waals surface area contributed by atoms with Crippen molar-refractivity contribution in [2.45, 2.75) is 75.9 Å². The van der Waals surface area contributed by atoms with Crippen molar-refractivity contribution >= 4 is 11.9 Å². The van der Waals surface area contributed by atoms with Gasteiger partial charge in [0.1, 0.15) is 6.04 Å². The van der Waals surface area contributed by atoms with Gasteiger partial charge in [-0.2, -0.15) is 0 Å². The van der Waals surface area contributed by atoms with Gasteiger partial charge in [-0.1, -0.05) is 12.8 Å². The van der Waals surface area contributed by atoms with E-state index in [0.29, 0.717) is 37.4 Å². The molecule has 5 heteroatoms. The van der Waals surface area contributed by atoms with E-state index >= 15 is 0 Å². The van der Waals surface area contributed by atoms with Crippen LogP contribution in [-0.4, -0.2) is 46.6 Å². The maximum absolute atomic E-state index is 12.6. The Hall–Kier alpha value is -1.10. The molecule has 0 radical (unpaired) electrons. The summed E-state index contributed by atoms with van der Waals surface area (Å²) in [4.78, 5) is 25.7. The fraction of sp³-hybridized carbons (Fsp3) is 0.875. The van der Waals surface area contributed by atoms with Crippen molar-refractivity contribution in [2.75, 3.05) is 6.54 Å². The minimum atomic E-state index is -0.837. The summed E-state index contributed by atoms with van der Waals surface area (Å²) in [6.07, 6.45) is 8.66. The predicted octanol–water partition coefficient (Wildman–Crippen LogP) is 1.76. The van der Waals surface area contributed by atoms with Crippen molar-refractivity contribution in [1.82, 2.24) is 10.2 Å². The van der Waals surface area contributed by atoms with Crippen LogP contribution in [0.4, 0.5) is 0 Å². The van der Waals surface area contributed by atoms with Crippen LogP contribution in [0.5, 0.6) is 0 Å². The standard InChI is InChI=1S/C16H26N2O3/c19-15(10-11-8-12-5-6-13(9-11)17-12)18-7-3-1-2-4-14(18)16(20)21/h11-14,17H,1-10H2,(H,20,21). The van der Waals surface area contributed by atoms with Crippen molar-refractivity contribution in [3.8, 4) is 0 Å². The lowest BCUT2D eigenvalue weighted by molar-refractivity contribution is -0.150. The van der Waals surface area contributed by atoms with Crippen LogP contribution in [0.15, 0.2) is 0 Å². The molecule has 0 aromatic rings. The average Bonchev–Trinajstić information content (AvgIpc) is 2.67. The normalized spacial score (nSPS) is 36.3. The number of nitrogens with one attached hydrogen (secondary N) is 1. The third-order valence-corrected chi connectivity index (χ3v) is 5.39. The molecule has 3 aliphatic rings. The second kappa shape index (κ2) is 6.34. The zero-order valence-electron chi connectivity index (χ0n) is 12.6. The number of carbonyl (C=O) groups is 2.